The first kappa shape index (κ1) is 27.9. The standard InChI is InChI=1S/C46H31NO/c1-4-12-32(13-5-1)34-22-26-38(27-23-34)47(39-28-24-35(25-29-39)33-14-6-2-7-15-33)46-40(36-16-8-3-9-17-36)30-31-43-45(46)41-20-10-18-37-19-11-21-42(48-43)44(37)41/h1-31H. The number of benzene rings is 8. The molecule has 0 radical (unpaired) electrons. The van der Waals surface area contributed by atoms with E-state index in [0.29, 0.717) is 0 Å². The van der Waals surface area contributed by atoms with E-state index in [0.717, 1.165) is 56.0 Å². The molecule has 0 unspecified atom stereocenters. The number of hydrogen-bond donors (Lipinski definition) is 0. The van der Waals surface area contributed by atoms with E-state index in [2.05, 4.69) is 193 Å². The van der Waals surface area contributed by atoms with E-state index in [1.54, 1.807) is 0 Å². The summed E-state index contributed by atoms with van der Waals surface area (Å²) in [6.07, 6.45) is 0. The second-order valence-electron chi connectivity index (χ2n) is 12.1. The van der Waals surface area contributed by atoms with Crippen molar-refractivity contribution < 1.29 is 4.74 Å². The van der Waals surface area contributed by atoms with E-state index in [9.17, 15) is 0 Å². The summed E-state index contributed by atoms with van der Waals surface area (Å²) in [7, 11) is 0. The topological polar surface area (TPSA) is 12.5 Å². The largest absolute Gasteiger partial charge is 0.456 e. The molecule has 1 heterocycles. The summed E-state index contributed by atoms with van der Waals surface area (Å²) in [6.45, 7) is 0. The quantitative estimate of drug-likeness (QED) is 0.185. The molecule has 48 heavy (non-hydrogen) atoms. The van der Waals surface area contributed by atoms with Gasteiger partial charge in [0.15, 0.2) is 0 Å². The number of nitrogens with zero attached hydrogens (tertiary/aromatic N) is 1. The minimum atomic E-state index is 0.850. The molecule has 0 bridgehead atoms. The van der Waals surface area contributed by atoms with Gasteiger partial charge in [-0.05, 0) is 81.2 Å². The molecule has 0 N–H and O–H groups in total. The van der Waals surface area contributed by atoms with Gasteiger partial charge in [0.25, 0.3) is 0 Å². The summed E-state index contributed by atoms with van der Waals surface area (Å²) < 4.78 is 6.73. The van der Waals surface area contributed by atoms with Gasteiger partial charge in [0.05, 0.1) is 5.69 Å². The van der Waals surface area contributed by atoms with Gasteiger partial charge in [0.2, 0.25) is 0 Å². The van der Waals surface area contributed by atoms with E-state index >= 15 is 0 Å². The second-order valence-corrected chi connectivity index (χ2v) is 12.1. The van der Waals surface area contributed by atoms with Crippen LogP contribution in [0.3, 0.4) is 0 Å². The lowest BCUT2D eigenvalue weighted by molar-refractivity contribution is 0.487. The first-order chi connectivity index (χ1) is 23.8. The second kappa shape index (κ2) is 11.8. The Kier molecular flexibility index (Phi) is 6.84. The van der Waals surface area contributed by atoms with E-state index in [4.69, 9.17) is 4.74 Å². The molecule has 0 aromatic heterocycles. The Bertz CT molecular complexity index is 2290. The van der Waals surface area contributed by atoms with E-state index in [1.807, 2.05) is 0 Å². The molecule has 1 aliphatic rings. The highest BCUT2D eigenvalue weighted by Crippen LogP contribution is 2.55. The molecular weight excluding hydrogens is 583 g/mol. The van der Waals surface area contributed by atoms with Crippen LogP contribution < -0.4 is 9.64 Å². The van der Waals surface area contributed by atoms with Gasteiger partial charge in [-0.15, -0.1) is 0 Å². The molecule has 0 spiro atoms. The summed E-state index contributed by atoms with van der Waals surface area (Å²) >= 11 is 0. The van der Waals surface area contributed by atoms with Crippen molar-refractivity contribution >= 4 is 27.8 Å². The molecule has 8 aromatic rings. The Morgan fingerprint density at radius 1 is 0.333 bits per heavy atom. The molecule has 0 saturated heterocycles. The van der Waals surface area contributed by atoms with Crippen LogP contribution in [-0.4, -0.2) is 0 Å². The number of hydrogen-bond acceptors (Lipinski definition) is 2. The highest BCUT2D eigenvalue weighted by Gasteiger charge is 2.29. The maximum atomic E-state index is 6.73. The average Bonchev–Trinajstić information content (AvgIpc) is 3.17. The predicted molar refractivity (Wildman–Crippen MR) is 200 cm³/mol. The van der Waals surface area contributed by atoms with Crippen LogP contribution in [0.2, 0.25) is 0 Å². The van der Waals surface area contributed by atoms with E-state index < -0.39 is 0 Å². The first-order valence-electron chi connectivity index (χ1n) is 16.4. The molecule has 0 saturated carbocycles. The van der Waals surface area contributed by atoms with Crippen molar-refractivity contribution in [3.8, 4) is 56.0 Å². The van der Waals surface area contributed by atoms with Gasteiger partial charge in [-0.1, -0.05) is 146 Å². The first-order valence-corrected chi connectivity index (χ1v) is 16.4. The zero-order valence-corrected chi connectivity index (χ0v) is 26.3. The third-order valence-electron chi connectivity index (χ3n) is 9.27. The summed E-state index contributed by atoms with van der Waals surface area (Å²) in [6, 6.07) is 66.8. The molecule has 2 heteroatoms. The Labute approximate surface area is 280 Å². The van der Waals surface area contributed by atoms with Gasteiger partial charge in [0, 0.05) is 27.9 Å². The van der Waals surface area contributed by atoms with Gasteiger partial charge < -0.3 is 9.64 Å². The highest BCUT2D eigenvalue weighted by atomic mass is 16.5. The van der Waals surface area contributed by atoms with Crippen molar-refractivity contribution in [2.75, 3.05) is 4.90 Å². The van der Waals surface area contributed by atoms with Crippen molar-refractivity contribution in [3.05, 3.63) is 188 Å². The lowest BCUT2D eigenvalue weighted by atomic mass is 9.89. The number of fused-ring (bicyclic) bond motifs is 2. The Morgan fingerprint density at radius 2 is 0.833 bits per heavy atom. The van der Waals surface area contributed by atoms with Crippen LogP contribution in [0.5, 0.6) is 11.5 Å². The minimum absolute atomic E-state index is 0.850. The van der Waals surface area contributed by atoms with Gasteiger partial charge in [-0.3, -0.25) is 0 Å². The zero-order chi connectivity index (χ0) is 31.9. The smallest absolute Gasteiger partial charge is 0.137 e. The van der Waals surface area contributed by atoms with Crippen LogP contribution in [0.15, 0.2) is 188 Å². The maximum Gasteiger partial charge on any atom is 0.137 e. The van der Waals surface area contributed by atoms with Gasteiger partial charge >= 0.3 is 0 Å². The number of ether oxygens (including phenoxy) is 1. The van der Waals surface area contributed by atoms with Gasteiger partial charge in [-0.25, -0.2) is 0 Å². The molecule has 0 amide bonds. The number of rotatable bonds is 6. The van der Waals surface area contributed by atoms with Crippen LogP contribution in [0.1, 0.15) is 0 Å². The monoisotopic (exact) mass is 613 g/mol. The van der Waals surface area contributed by atoms with Crippen LogP contribution in [0, 0.1) is 0 Å². The molecular formula is C46H31NO. The van der Waals surface area contributed by atoms with Gasteiger partial charge in [-0.2, -0.15) is 0 Å². The lowest BCUT2D eigenvalue weighted by Gasteiger charge is -2.33. The van der Waals surface area contributed by atoms with E-state index in [1.165, 1.54) is 27.8 Å². The zero-order valence-electron chi connectivity index (χ0n) is 26.3. The van der Waals surface area contributed by atoms with Crippen molar-refractivity contribution in [3.63, 3.8) is 0 Å². The van der Waals surface area contributed by atoms with Crippen molar-refractivity contribution in [1.82, 2.24) is 0 Å². The molecule has 8 aromatic carbocycles. The van der Waals surface area contributed by atoms with Crippen LogP contribution >= 0.6 is 0 Å². The van der Waals surface area contributed by atoms with Crippen LogP contribution in [0.25, 0.3) is 55.3 Å². The van der Waals surface area contributed by atoms with Crippen molar-refractivity contribution in [2.45, 2.75) is 0 Å². The third-order valence-corrected chi connectivity index (χ3v) is 9.27. The molecule has 226 valence electrons. The van der Waals surface area contributed by atoms with Gasteiger partial charge in [0.1, 0.15) is 11.5 Å². The van der Waals surface area contributed by atoms with Crippen LogP contribution in [-0.2, 0) is 0 Å². The maximum absolute atomic E-state index is 6.73. The molecule has 0 atom stereocenters. The minimum Gasteiger partial charge on any atom is -0.456 e. The van der Waals surface area contributed by atoms with Crippen molar-refractivity contribution in [1.29, 1.82) is 0 Å². The fraction of sp³-hybridized carbons (Fsp3) is 0. The summed E-state index contributed by atoms with van der Waals surface area (Å²) in [4.78, 5) is 2.40. The average molecular weight is 614 g/mol. The van der Waals surface area contributed by atoms with Crippen LogP contribution in [0.4, 0.5) is 17.1 Å². The number of anilines is 3. The molecule has 9 rings (SSSR count). The molecule has 0 aliphatic carbocycles. The normalized spacial score (nSPS) is 11.5. The molecule has 0 fully saturated rings. The van der Waals surface area contributed by atoms with Crippen molar-refractivity contribution in [2.24, 2.45) is 0 Å². The predicted octanol–water partition coefficient (Wildman–Crippen LogP) is 13.1. The molecule has 1 aliphatic heterocycles. The molecule has 2 nitrogen and oxygen atoms in total. The Balaban J connectivity index is 1.32. The van der Waals surface area contributed by atoms with E-state index in [-0.39, 0.29) is 0 Å². The summed E-state index contributed by atoms with van der Waals surface area (Å²) in [5.74, 6) is 1.74. The fourth-order valence-electron chi connectivity index (χ4n) is 6.99. The summed E-state index contributed by atoms with van der Waals surface area (Å²) in [5.41, 5.74) is 12.5. The summed E-state index contributed by atoms with van der Waals surface area (Å²) in [5, 5.41) is 2.30. The SMILES string of the molecule is c1ccc(-c2ccc(N(c3ccc(-c4ccccc4)cc3)c3c(-c4ccccc4)ccc4c3-c3cccc5cccc(c35)O4)cc2)cc1. The highest BCUT2D eigenvalue weighted by molar-refractivity contribution is 6.10. The Hall–Kier alpha value is -6.38. The Morgan fingerprint density at radius 3 is 1.40 bits per heavy atom. The lowest BCUT2D eigenvalue weighted by Crippen LogP contribution is -2.14. The third kappa shape index (κ3) is 4.83. The fourth-order valence-corrected chi connectivity index (χ4v) is 6.99.